The summed E-state index contributed by atoms with van der Waals surface area (Å²) in [5, 5.41) is 9.75. The Morgan fingerprint density at radius 3 is 2.10 bits per heavy atom. The van der Waals surface area contributed by atoms with E-state index in [9.17, 15) is 24.0 Å². The number of hydrogen-bond acceptors (Lipinski definition) is 9. The number of fused-ring (bicyclic) bond motifs is 1. The van der Waals surface area contributed by atoms with Crippen LogP contribution in [0.25, 0.3) is 0 Å². The summed E-state index contributed by atoms with van der Waals surface area (Å²) < 4.78 is 12.0. The van der Waals surface area contributed by atoms with Gasteiger partial charge in [-0.2, -0.15) is 5.10 Å². The maximum atomic E-state index is 14.6. The van der Waals surface area contributed by atoms with Crippen LogP contribution in [0.2, 0.25) is 0 Å². The number of aromatic nitrogens is 2. The highest BCUT2D eigenvalue weighted by Gasteiger charge is 2.51. The second-order valence-corrected chi connectivity index (χ2v) is 13.7. The van der Waals surface area contributed by atoms with Gasteiger partial charge in [-0.3, -0.25) is 23.9 Å². The summed E-state index contributed by atoms with van der Waals surface area (Å²) in [6.45, 7) is 7.06. The van der Waals surface area contributed by atoms with Crippen molar-refractivity contribution in [1.82, 2.24) is 20.3 Å². The minimum absolute atomic E-state index is 0.0384. The molecule has 0 fully saturated rings. The van der Waals surface area contributed by atoms with Crippen molar-refractivity contribution in [1.29, 1.82) is 0 Å². The molecule has 1 aromatic heterocycles. The van der Waals surface area contributed by atoms with E-state index in [0.29, 0.717) is 11.3 Å². The highest BCUT2D eigenvalue weighted by Crippen LogP contribution is 2.41. The molecule has 6 rings (SSSR count). The maximum absolute atomic E-state index is 14.6. The summed E-state index contributed by atoms with van der Waals surface area (Å²) in [6.07, 6.45) is 1.32. The Kier molecular flexibility index (Phi) is 12.9. The number of rotatable bonds is 14. The second-order valence-electron chi connectivity index (χ2n) is 13.7. The minimum atomic E-state index is -1.42. The van der Waals surface area contributed by atoms with Crippen molar-refractivity contribution in [2.75, 3.05) is 16.8 Å². The normalized spacial score (nSPS) is 15.5. The van der Waals surface area contributed by atoms with E-state index in [4.69, 9.17) is 14.5 Å². The van der Waals surface area contributed by atoms with Crippen molar-refractivity contribution < 1.29 is 28.7 Å². The number of carbonyl (C=O) groups is 4. The summed E-state index contributed by atoms with van der Waals surface area (Å²) in [4.78, 5) is 74.1. The van der Waals surface area contributed by atoms with Gasteiger partial charge in [0, 0.05) is 18.8 Å². The number of amides is 4. The van der Waals surface area contributed by atoms with Crippen molar-refractivity contribution >= 4 is 41.6 Å². The van der Waals surface area contributed by atoms with Crippen LogP contribution in [0.5, 0.6) is 0 Å². The Morgan fingerprint density at radius 2 is 1.48 bits per heavy atom. The van der Waals surface area contributed by atoms with E-state index in [2.05, 4.69) is 27.7 Å². The van der Waals surface area contributed by atoms with E-state index in [1.807, 2.05) is 66.7 Å². The van der Waals surface area contributed by atoms with Gasteiger partial charge in [0.05, 0.1) is 11.9 Å². The monoisotopic (exact) mass is 781 g/mol. The highest BCUT2D eigenvalue weighted by molar-refractivity contribution is 6.00. The molecule has 0 saturated carbocycles. The van der Waals surface area contributed by atoms with Gasteiger partial charge in [-0.05, 0) is 54.7 Å². The van der Waals surface area contributed by atoms with Gasteiger partial charge >= 0.3 is 12.2 Å². The lowest BCUT2D eigenvalue weighted by Crippen LogP contribution is -2.42. The van der Waals surface area contributed by atoms with Gasteiger partial charge in [-0.25, -0.2) is 20.0 Å². The molecule has 0 radical (unpaired) electrons. The Balaban J connectivity index is 1.20. The second kappa shape index (κ2) is 18.5. The molecule has 2 atom stereocenters. The molecule has 0 saturated heterocycles. The Labute approximate surface area is 335 Å². The molecule has 3 N–H and O–H groups in total. The van der Waals surface area contributed by atoms with Crippen LogP contribution < -0.4 is 26.5 Å². The van der Waals surface area contributed by atoms with Crippen LogP contribution in [0.15, 0.2) is 138 Å². The fourth-order valence-electron chi connectivity index (χ4n) is 6.51. The van der Waals surface area contributed by atoms with Crippen molar-refractivity contribution in [2.24, 2.45) is 5.10 Å². The van der Waals surface area contributed by atoms with Crippen molar-refractivity contribution in [2.45, 2.75) is 51.5 Å². The summed E-state index contributed by atoms with van der Waals surface area (Å²) >= 11 is 0. The minimum Gasteiger partial charge on any atom is -0.444 e. The lowest BCUT2D eigenvalue weighted by molar-refractivity contribution is -0.125. The lowest BCUT2D eigenvalue weighted by atomic mass is 9.84. The lowest BCUT2D eigenvalue weighted by Gasteiger charge is -2.25. The predicted octanol–water partition coefficient (Wildman–Crippen LogP) is 6.30. The van der Waals surface area contributed by atoms with Gasteiger partial charge in [0.2, 0.25) is 11.8 Å². The quantitative estimate of drug-likeness (QED) is 0.0669. The van der Waals surface area contributed by atoms with Gasteiger partial charge in [0.15, 0.2) is 0 Å². The molecule has 0 bridgehead atoms. The van der Waals surface area contributed by atoms with Gasteiger partial charge in [0.25, 0.3) is 5.56 Å². The molecule has 1 aliphatic rings. The number of aryl methyl sites for hydroxylation is 1. The van der Waals surface area contributed by atoms with Gasteiger partial charge < -0.3 is 20.1 Å². The number of carbonyl (C=O) groups excluding carboxylic acids is 4. The summed E-state index contributed by atoms with van der Waals surface area (Å²) in [5.41, 5.74) is 3.86. The molecular formula is C44H43N7O7. The fourth-order valence-corrected chi connectivity index (χ4v) is 6.51. The first-order chi connectivity index (χ1) is 28.1. The zero-order chi connectivity index (χ0) is 41.1. The number of benzene rings is 4. The van der Waals surface area contributed by atoms with E-state index in [1.165, 1.54) is 16.9 Å². The third-order valence-corrected chi connectivity index (χ3v) is 9.54. The molecule has 0 spiro atoms. The standard InChI is InChI=1S/C44H43N7O7/c1-4-24-50(43(56)58-29-34-16-10-6-11-17-34)37-30(2)47-40-44(3,41(54)48-35-18-12-7-13-19-35)25-36(51(40)39(37)53)38(52)45-26-31-20-22-32(23-21-31)27-46-49-42(55)57-28-33-14-8-5-9-15-33/h4-23,27,36H,1,24-26,28-29H2,2-3H3,(H,45,52)(H,48,54)(H,49,55)/t36-,44+/m1/s1. The molecule has 1 aliphatic heterocycles. The van der Waals surface area contributed by atoms with Crippen LogP contribution in [-0.4, -0.2) is 46.3 Å². The average molecular weight is 782 g/mol. The molecule has 58 heavy (non-hydrogen) atoms. The van der Waals surface area contributed by atoms with Crippen LogP contribution in [0.1, 0.15) is 53.2 Å². The molecule has 5 aromatic rings. The number of nitrogens with zero attached hydrogens (tertiary/aromatic N) is 4. The van der Waals surface area contributed by atoms with Gasteiger partial charge in [-0.15, -0.1) is 6.58 Å². The number of para-hydroxylation sites is 1. The molecule has 296 valence electrons. The van der Waals surface area contributed by atoms with Crippen molar-refractivity contribution in [3.8, 4) is 0 Å². The molecule has 2 heterocycles. The third-order valence-electron chi connectivity index (χ3n) is 9.54. The molecule has 0 unspecified atom stereocenters. The fraction of sp³-hybridized carbons (Fsp3) is 0.205. The Bertz CT molecular complexity index is 2350. The first-order valence-electron chi connectivity index (χ1n) is 18.5. The van der Waals surface area contributed by atoms with Crippen LogP contribution in [-0.2, 0) is 44.2 Å². The van der Waals surface area contributed by atoms with E-state index in [-0.39, 0.29) is 49.9 Å². The SMILES string of the molecule is C=CCN(C(=O)OCc1ccccc1)c1c(C)nc2n(c1=O)[C@@H](C(=O)NCc1ccc(C=NNC(=O)OCc3ccccc3)cc1)C[C@]2(C)C(=O)Nc1ccccc1. The number of hydrazone groups is 1. The first kappa shape index (κ1) is 40.3. The smallest absolute Gasteiger partial charge is 0.428 e. The van der Waals surface area contributed by atoms with Crippen molar-refractivity contribution in [3.05, 3.63) is 172 Å². The third kappa shape index (κ3) is 9.53. The number of ether oxygens (including phenoxy) is 2. The summed E-state index contributed by atoms with van der Waals surface area (Å²) in [5.74, 6) is -0.894. The van der Waals surface area contributed by atoms with Crippen LogP contribution >= 0.6 is 0 Å². The number of nitrogens with one attached hydrogen (secondary N) is 3. The zero-order valence-electron chi connectivity index (χ0n) is 32.1. The topological polar surface area (TPSA) is 173 Å². The van der Waals surface area contributed by atoms with E-state index < -0.39 is 41.0 Å². The van der Waals surface area contributed by atoms with Crippen LogP contribution in [0.3, 0.4) is 0 Å². The molecule has 0 aliphatic carbocycles. The van der Waals surface area contributed by atoms with Gasteiger partial charge in [-0.1, -0.05) is 109 Å². The predicted molar refractivity (Wildman–Crippen MR) is 219 cm³/mol. The summed E-state index contributed by atoms with van der Waals surface area (Å²) in [7, 11) is 0. The van der Waals surface area contributed by atoms with Crippen molar-refractivity contribution in [3.63, 3.8) is 0 Å². The Morgan fingerprint density at radius 1 is 0.879 bits per heavy atom. The summed E-state index contributed by atoms with van der Waals surface area (Å²) in [6, 6.07) is 33.1. The van der Waals surface area contributed by atoms with E-state index in [1.54, 1.807) is 62.4 Å². The zero-order valence-corrected chi connectivity index (χ0v) is 32.1. The number of anilines is 2. The van der Waals surface area contributed by atoms with E-state index in [0.717, 1.165) is 21.6 Å². The largest absolute Gasteiger partial charge is 0.444 e. The van der Waals surface area contributed by atoms with Crippen LogP contribution in [0.4, 0.5) is 21.0 Å². The molecule has 14 nitrogen and oxygen atoms in total. The first-order valence-corrected chi connectivity index (χ1v) is 18.5. The molecule has 14 heteroatoms. The molecule has 4 aromatic carbocycles. The van der Waals surface area contributed by atoms with Gasteiger partial charge in [0.1, 0.15) is 36.2 Å². The maximum Gasteiger partial charge on any atom is 0.428 e. The van der Waals surface area contributed by atoms with Crippen LogP contribution in [0, 0.1) is 6.92 Å². The Hall–Kier alpha value is -7.35. The molecular weight excluding hydrogens is 739 g/mol. The van der Waals surface area contributed by atoms with E-state index >= 15 is 0 Å². The molecule has 4 amide bonds. The number of hydrogen-bond donors (Lipinski definition) is 3. The average Bonchev–Trinajstić information content (AvgIpc) is 3.55. The highest BCUT2D eigenvalue weighted by atomic mass is 16.6.